The van der Waals surface area contributed by atoms with E-state index >= 15 is 0 Å². The molecule has 1 aliphatic heterocycles. The number of benzene rings is 1. The molecular formula is C19H16F3N5O2. The van der Waals surface area contributed by atoms with Crippen LogP contribution in [-0.2, 0) is 17.5 Å². The van der Waals surface area contributed by atoms with Crippen molar-refractivity contribution in [1.82, 2.24) is 19.9 Å². The van der Waals surface area contributed by atoms with Gasteiger partial charge in [-0.3, -0.25) is 0 Å². The molecule has 0 spiro atoms. The van der Waals surface area contributed by atoms with E-state index in [0.717, 1.165) is 17.3 Å². The van der Waals surface area contributed by atoms with Crippen molar-refractivity contribution in [3.8, 4) is 17.3 Å². The van der Waals surface area contributed by atoms with E-state index in [0.29, 0.717) is 12.4 Å². The van der Waals surface area contributed by atoms with Gasteiger partial charge in [0.05, 0.1) is 13.2 Å². The first kappa shape index (κ1) is 19.1. The second-order valence-electron chi connectivity index (χ2n) is 6.31. The summed E-state index contributed by atoms with van der Waals surface area (Å²) >= 11 is 0. The Hall–Kier alpha value is -3.27. The van der Waals surface area contributed by atoms with Gasteiger partial charge in [-0.1, -0.05) is 24.3 Å². The Balaban J connectivity index is 1.45. The predicted octanol–water partition coefficient (Wildman–Crippen LogP) is 3.34. The number of rotatable bonds is 6. The minimum Gasteiger partial charge on any atom is -0.469 e. The Morgan fingerprint density at radius 3 is 2.41 bits per heavy atom. The molecule has 3 heterocycles. The van der Waals surface area contributed by atoms with Gasteiger partial charge < -0.3 is 14.8 Å². The summed E-state index contributed by atoms with van der Waals surface area (Å²) in [5, 5.41) is 2.92. The predicted molar refractivity (Wildman–Crippen MR) is 97.1 cm³/mol. The van der Waals surface area contributed by atoms with Gasteiger partial charge in [0.15, 0.2) is 5.82 Å². The average molecular weight is 403 g/mol. The second kappa shape index (κ2) is 8.00. The lowest BCUT2D eigenvalue weighted by molar-refractivity contribution is -0.142. The molecule has 0 radical (unpaired) electrons. The van der Waals surface area contributed by atoms with Crippen molar-refractivity contribution in [3.63, 3.8) is 0 Å². The van der Waals surface area contributed by atoms with Crippen LogP contribution in [0, 0.1) is 0 Å². The number of hydrogen-bond acceptors (Lipinski definition) is 7. The molecule has 0 aliphatic carbocycles. The van der Waals surface area contributed by atoms with Crippen LogP contribution in [0.4, 0.5) is 19.1 Å². The molecule has 1 saturated heterocycles. The molecule has 4 rings (SSSR count). The van der Waals surface area contributed by atoms with Gasteiger partial charge in [0.25, 0.3) is 0 Å². The van der Waals surface area contributed by atoms with E-state index < -0.39 is 23.7 Å². The maximum Gasteiger partial charge on any atom is 0.423 e. The summed E-state index contributed by atoms with van der Waals surface area (Å²) in [6, 6.07) is 9.20. The molecule has 0 amide bonds. The SMILES string of the molecule is FC(F)(F)c1cnc(NCc2ccc(-c3ncccn3)cc2)nc1OC1COC1. The van der Waals surface area contributed by atoms with Crippen molar-refractivity contribution in [2.75, 3.05) is 18.5 Å². The maximum absolute atomic E-state index is 13.2. The molecule has 1 aromatic carbocycles. The molecule has 2 aromatic heterocycles. The van der Waals surface area contributed by atoms with Gasteiger partial charge in [-0.05, 0) is 11.6 Å². The lowest BCUT2D eigenvalue weighted by Crippen LogP contribution is -2.39. The molecule has 1 N–H and O–H groups in total. The third-order valence-electron chi connectivity index (χ3n) is 4.17. The zero-order chi connectivity index (χ0) is 20.3. The van der Waals surface area contributed by atoms with Crippen LogP contribution < -0.4 is 10.1 Å². The molecule has 1 fully saturated rings. The summed E-state index contributed by atoms with van der Waals surface area (Å²) in [6.45, 7) is 0.802. The fraction of sp³-hybridized carbons (Fsp3) is 0.263. The summed E-state index contributed by atoms with van der Waals surface area (Å²) in [5.74, 6) is 0.156. The Bertz CT molecular complexity index is 964. The molecule has 0 unspecified atom stereocenters. The van der Waals surface area contributed by atoms with Crippen LogP contribution >= 0.6 is 0 Å². The highest BCUT2D eigenvalue weighted by molar-refractivity contribution is 5.55. The van der Waals surface area contributed by atoms with Crippen molar-refractivity contribution in [2.24, 2.45) is 0 Å². The van der Waals surface area contributed by atoms with E-state index in [9.17, 15) is 13.2 Å². The number of alkyl halides is 3. The Labute approximate surface area is 164 Å². The highest BCUT2D eigenvalue weighted by Crippen LogP contribution is 2.35. The van der Waals surface area contributed by atoms with Gasteiger partial charge in [0.1, 0.15) is 11.7 Å². The number of halogens is 3. The largest absolute Gasteiger partial charge is 0.469 e. The molecule has 1 aliphatic rings. The smallest absolute Gasteiger partial charge is 0.423 e. The minimum atomic E-state index is -4.60. The van der Waals surface area contributed by atoms with Crippen LogP contribution in [0.3, 0.4) is 0 Å². The number of hydrogen-bond donors (Lipinski definition) is 1. The summed E-state index contributed by atoms with van der Waals surface area (Å²) in [6.07, 6.45) is -0.996. The number of anilines is 1. The first-order valence-electron chi connectivity index (χ1n) is 8.78. The van der Waals surface area contributed by atoms with Crippen molar-refractivity contribution in [1.29, 1.82) is 0 Å². The Kier molecular flexibility index (Phi) is 5.26. The molecule has 3 aromatic rings. The van der Waals surface area contributed by atoms with Gasteiger partial charge >= 0.3 is 6.18 Å². The molecule has 10 heteroatoms. The zero-order valence-electron chi connectivity index (χ0n) is 15.1. The van der Waals surface area contributed by atoms with Crippen LogP contribution in [0.5, 0.6) is 5.88 Å². The minimum absolute atomic E-state index is 0.0451. The Morgan fingerprint density at radius 1 is 1.07 bits per heavy atom. The molecule has 150 valence electrons. The average Bonchev–Trinajstić information content (AvgIpc) is 2.69. The van der Waals surface area contributed by atoms with Crippen molar-refractivity contribution in [3.05, 3.63) is 60.0 Å². The van der Waals surface area contributed by atoms with Crippen molar-refractivity contribution >= 4 is 5.95 Å². The van der Waals surface area contributed by atoms with E-state index in [2.05, 4.69) is 25.3 Å². The highest BCUT2D eigenvalue weighted by Gasteiger charge is 2.37. The highest BCUT2D eigenvalue weighted by atomic mass is 19.4. The summed E-state index contributed by atoms with van der Waals surface area (Å²) in [4.78, 5) is 16.0. The van der Waals surface area contributed by atoms with E-state index in [1.54, 1.807) is 18.5 Å². The lowest BCUT2D eigenvalue weighted by Gasteiger charge is -2.27. The first-order valence-corrected chi connectivity index (χ1v) is 8.78. The van der Waals surface area contributed by atoms with E-state index in [4.69, 9.17) is 9.47 Å². The number of aromatic nitrogens is 4. The zero-order valence-corrected chi connectivity index (χ0v) is 15.1. The number of ether oxygens (including phenoxy) is 2. The molecular weight excluding hydrogens is 387 g/mol. The fourth-order valence-electron chi connectivity index (χ4n) is 2.58. The quantitative estimate of drug-likeness (QED) is 0.676. The van der Waals surface area contributed by atoms with Crippen LogP contribution in [0.1, 0.15) is 11.1 Å². The summed E-state index contributed by atoms with van der Waals surface area (Å²) in [5.41, 5.74) is 0.740. The molecule has 0 saturated carbocycles. The maximum atomic E-state index is 13.2. The Morgan fingerprint density at radius 2 is 1.79 bits per heavy atom. The standard InChI is InChI=1S/C19H16F3N5O2/c20-19(21,22)15-9-26-18(27-17(15)29-14-10-28-11-14)25-8-12-2-4-13(5-3-12)16-23-6-1-7-24-16/h1-7,9,14H,8,10-11H2,(H,25,26,27). The number of nitrogens with zero attached hydrogens (tertiary/aromatic N) is 4. The van der Waals surface area contributed by atoms with Gasteiger partial charge in [-0.15, -0.1) is 0 Å². The second-order valence-corrected chi connectivity index (χ2v) is 6.31. The van der Waals surface area contributed by atoms with E-state index in [1.165, 1.54) is 0 Å². The normalized spacial score (nSPS) is 14.3. The van der Waals surface area contributed by atoms with Crippen molar-refractivity contribution < 1.29 is 22.6 Å². The van der Waals surface area contributed by atoms with E-state index in [1.807, 2.05) is 24.3 Å². The molecule has 0 bridgehead atoms. The van der Waals surface area contributed by atoms with Gasteiger partial charge in [0.2, 0.25) is 11.8 Å². The van der Waals surface area contributed by atoms with Gasteiger partial charge in [-0.2, -0.15) is 18.2 Å². The van der Waals surface area contributed by atoms with Gasteiger partial charge in [-0.25, -0.2) is 15.0 Å². The third-order valence-corrected chi connectivity index (χ3v) is 4.17. The van der Waals surface area contributed by atoms with Crippen LogP contribution in [-0.4, -0.2) is 39.3 Å². The topological polar surface area (TPSA) is 82.1 Å². The van der Waals surface area contributed by atoms with Crippen LogP contribution in [0.2, 0.25) is 0 Å². The van der Waals surface area contributed by atoms with Crippen molar-refractivity contribution in [2.45, 2.75) is 18.8 Å². The first-order chi connectivity index (χ1) is 14.0. The lowest BCUT2D eigenvalue weighted by atomic mass is 10.1. The van der Waals surface area contributed by atoms with Crippen LogP contribution in [0.25, 0.3) is 11.4 Å². The number of nitrogens with one attached hydrogen (secondary N) is 1. The summed E-state index contributed by atoms with van der Waals surface area (Å²) < 4.78 is 49.7. The van der Waals surface area contributed by atoms with Crippen LogP contribution in [0.15, 0.2) is 48.9 Å². The molecule has 29 heavy (non-hydrogen) atoms. The molecule has 7 nitrogen and oxygen atoms in total. The van der Waals surface area contributed by atoms with E-state index in [-0.39, 0.29) is 19.2 Å². The molecule has 0 atom stereocenters. The summed E-state index contributed by atoms with van der Waals surface area (Å²) in [7, 11) is 0. The third kappa shape index (κ3) is 4.60. The van der Waals surface area contributed by atoms with Gasteiger partial charge in [0, 0.05) is 30.7 Å². The monoisotopic (exact) mass is 403 g/mol. The fourth-order valence-corrected chi connectivity index (χ4v) is 2.58.